The van der Waals surface area contributed by atoms with E-state index in [1.54, 1.807) is 48.8 Å². The molecule has 46 heavy (non-hydrogen) atoms. The number of ketones is 1. The van der Waals surface area contributed by atoms with Crippen molar-refractivity contribution in [2.24, 2.45) is 5.41 Å². The topological polar surface area (TPSA) is 166 Å². The number of ether oxygens (including phenoxy) is 1. The van der Waals surface area contributed by atoms with Crippen molar-refractivity contribution in [3.8, 4) is 29.0 Å². The number of halogens is 1. The largest absolute Gasteiger partial charge is 0.458 e. The SMILES string of the molecule is CC(=O)c1nn(CC(=O)N2[C@H](C(=O)Nc3cccc(Br)n3)C[C@@]3(C)C#C[C@@H]23)c2ccc(-c3cnc(OC4CS(=O)(=O)C4)nc3)cc12. The molecule has 0 bridgehead atoms. The summed E-state index contributed by atoms with van der Waals surface area (Å²) in [5.74, 6) is 5.43. The minimum Gasteiger partial charge on any atom is -0.458 e. The lowest BCUT2D eigenvalue weighted by Crippen LogP contribution is -2.50. The van der Waals surface area contributed by atoms with Gasteiger partial charge in [-0.3, -0.25) is 19.1 Å². The van der Waals surface area contributed by atoms with Gasteiger partial charge >= 0.3 is 6.01 Å². The minimum absolute atomic E-state index is 0.0581. The van der Waals surface area contributed by atoms with Crippen LogP contribution in [0.2, 0.25) is 0 Å². The molecule has 0 unspecified atom stereocenters. The maximum absolute atomic E-state index is 13.9. The summed E-state index contributed by atoms with van der Waals surface area (Å²) in [5.41, 5.74) is 1.60. The number of likely N-dealkylation sites (tertiary alicyclic amines) is 1. The van der Waals surface area contributed by atoms with Gasteiger partial charge in [0.2, 0.25) is 11.8 Å². The highest BCUT2D eigenvalue weighted by Crippen LogP contribution is 2.45. The Morgan fingerprint density at radius 1 is 1.13 bits per heavy atom. The van der Waals surface area contributed by atoms with Crippen molar-refractivity contribution < 1.29 is 27.5 Å². The summed E-state index contributed by atoms with van der Waals surface area (Å²) < 4.78 is 30.4. The van der Waals surface area contributed by atoms with Gasteiger partial charge in [-0.2, -0.15) is 5.10 Å². The van der Waals surface area contributed by atoms with Crippen LogP contribution in [0.15, 0.2) is 53.4 Å². The molecule has 2 aliphatic heterocycles. The molecule has 5 heterocycles. The molecule has 2 saturated heterocycles. The monoisotopic (exact) mass is 703 g/mol. The Hall–Kier alpha value is -4.68. The lowest BCUT2D eigenvalue weighted by molar-refractivity contribution is -0.138. The molecule has 1 aromatic carbocycles. The fourth-order valence-corrected chi connectivity index (χ4v) is 7.55. The Bertz CT molecular complexity index is 2110. The first-order chi connectivity index (χ1) is 21.9. The van der Waals surface area contributed by atoms with Gasteiger partial charge in [-0.15, -0.1) is 0 Å². The lowest BCUT2D eigenvalue weighted by atomic mass is 9.76. The molecule has 0 radical (unpaired) electrons. The van der Waals surface area contributed by atoms with Gasteiger partial charge in [-0.1, -0.05) is 24.0 Å². The van der Waals surface area contributed by atoms with E-state index in [0.29, 0.717) is 38.9 Å². The number of rotatable bonds is 8. The molecule has 234 valence electrons. The van der Waals surface area contributed by atoms with E-state index in [0.717, 1.165) is 0 Å². The van der Waals surface area contributed by atoms with Crippen LogP contribution >= 0.6 is 15.9 Å². The number of nitrogens with one attached hydrogen (secondary N) is 1. The van der Waals surface area contributed by atoms with E-state index < -0.39 is 33.4 Å². The zero-order valence-corrected chi connectivity index (χ0v) is 27.0. The number of hydrogen-bond acceptors (Lipinski definition) is 10. The van der Waals surface area contributed by atoms with Crippen LogP contribution in [-0.4, -0.2) is 85.3 Å². The van der Waals surface area contributed by atoms with Crippen molar-refractivity contribution in [2.75, 3.05) is 16.8 Å². The smallest absolute Gasteiger partial charge is 0.316 e. The molecule has 3 aliphatic rings. The van der Waals surface area contributed by atoms with E-state index in [1.807, 2.05) is 6.92 Å². The second-order valence-electron chi connectivity index (χ2n) is 11.8. The van der Waals surface area contributed by atoms with Crippen molar-refractivity contribution in [3.05, 3.63) is 59.1 Å². The molecule has 1 N–H and O–H groups in total. The summed E-state index contributed by atoms with van der Waals surface area (Å²) in [5, 5.41) is 7.86. The molecular formula is C31H26BrN7O6S. The first-order valence-electron chi connectivity index (χ1n) is 14.4. The van der Waals surface area contributed by atoms with Crippen LogP contribution in [-0.2, 0) is 26.0 Å². The van der Waals surface area contributed by atoms with Gasteiger partial charge in [0.15, 0.2) is 15.6 Å². The normalized spacial score (nSPS) is 22.6. The highest BCUT2D eigenvalue weighted by atomic mass is 79.9. The first kappa shape index (κ1) is 30.0. The van der Waals surface area contributed by atoms with E-state index in [2.05, 4.69) is 53.1 Å². The molecule has 2 fully saturated rings. The maximum atomic E-state index is 13.9. The standard InChI is InChI=1S/C31H26BrN7O6S/c1-17(40)28-21-10-18(19-12-33-30(34-13-19)45-20-15-46(43,44)16-20)6-7-22(21)38(37-28)14-27(41)39-23(11-31(2)9-8-24(31)39)29(42)36-26-5-3-4-25(32)35-26/h3-7,10,12-13,20,23-24H,11,14-16H2,1-2H3,(H,35,36,42)/t23-,24+,31+/m0/s1. The molecule has 3 aromatic heterocycles. The molecule has 0 spiro atoms. The number of amides is 2. The molecule has 4 aromatic rings. The number of aromatic nitrogens is 5. The average Bonchev–Trinajstić information content (AvgIpc) is 3.44. The predicted molar refractivity (Wildman–Crippen MR) is 169 cm³/mol. The Balaban J connectivity index is 1.13. The summed E-state index contributed by atoms with van der Waals surface area (Å²) in [7, 11) is -3.04. The molecule has 2 amide bonds. The van der Waals surface area contributed by atoms with Crippen molar-refractivity contribution >= 4 is 60.1 Å². The highest BCUT2D eigenvalue weighted by Gasteiger charge is 2.56. The molecule has 1 aliphatic carbocycles. The van der Waals surface area contributed by atoms with Crippen LogP contribution in [0.3, 0.4) is 0 Å². The fraction of sp³-hybridized carbons (Fsp3) is 0.323. The van der Waals surface area contributed by atoms with Crippen LogP contribution in [0.4, 0.5) is 5.82 Å². The van der Waals surface area contributed by atoms with Crippen molar-refractivity contribution in [3.63, 3.8) is 0 Å². The number of fused-ring (bicyclic) bond motifs is 2. The van der Waals surface area contributed by atoms with Crippen LogP contribution in [0.25, 0.3) is 22.0 Å². The highest BCUT2D eigenvalue weighted by molar-refractivity contribution is 9.10. The van der Waals surface area contributed by atoms with Gasteiger partial charge in [0.25, 0.3) is 0 Å². The number of carbonyl (C=O) groups is 3. The summed E-state index contributed by atoms with van der Waals surface area (Å²) in [6, 6.07) is 9.39. The summed E-state index contributed by atoms with van der Waals surface area (Å²) in [6.07, 6.45) is 3.02. The number of sulfone groups is 1. The van der Waals surface area contributed by atoms with E-state index in [1.165, 1.54) is 16.5 Å². The molecule has 3 atom stereocenters. The number of nitrogens with zero attached hydrogens (tertiary/aromatic N) is 6. The van der Waals surface area contributed by atoms with Crippen LogP contribution in [0.1, 0.15) is 30.8 Å². The summed E-state index contributed by atoms with van der Waals surface area (Å²) in [4.78, 5) is 54.2. The zero-order valence-electron chi connectivity index (χ0n) is 24.6. The maximum Gasteiger partial charge on any atom is 0.316 e. The number of pyridine rings is 1. The van der Waals surface area contributed by atoms with E-state index in [9.17, 15) is 22.8 Å². The fourth-order valence-electron chi connectivity index (χ4n) is 6.04. The molecular weight excluding hydrogens is 678 g/mol. The van der Waals surface area contributed by atoms with Gasteiger partial charge in [0.05, 0.1) is 22.4 Å². The lowest BCUT2D eigenvalue weighted by Gasteiger charge is -2.34. The Labute approximate surface area is 271 Å². The third kappa shape index (κ3) is 5.41. The number of Topliss-reactive ketones (excluding diaryl/α,β-unsaturated/α-hetero) is 1. The van der Waals surface area contributed by atoms with E-state index in [4.69, 9.17) is 4.74 Å². The Morgan fingerprint density at radius 3 is 2.54 bits per heavy atom. The van der Waals surface area contributed by atoms with E-state index >= 15 is 0 Å². The van der Waals surface area contributed by atoms with Crippen molar-refractivity contribution in [2.45, 2.75) is 45.0 Å². The van der Waals surface area contributed by atoms with Crippen molar-refractivity contribution in [1.82, 2.24) is 29.6 Å². The summed E-state index contributed by atoms with van der Waals surface area (Å²) >= 11 is 3.30. The predicted octanol–water partition coefficient (Wildman–Crippen LogP) is 2.66. The van der Waals surface area contributed by atoms with Gasteiger partial charge in [0, 0.05) is 30.3 Å². The van der Waals surface area contributed by atoms with Gasteiger partial charge < -0.3 is 15.0 Å². The van der Waals surface area contributed by atoms with Crippen LogP contribution < -0.4 is 10.1 Å². The van der Waals surface area contributed by atoms with Gasteiger partial charge in [-0.05, 0) is 59.1 Å². The van der Waals surface area contributed by atoms with Crippen molar-refractivity contribution in [1.29, 1.82) is 0 Å². The molecule has 15 heteroatoms. The number of carbonyl (C=O) groups excluding carboxylic acids is 3. The number of anilines is 1. The van der Waals surface area contributed by atoms with Gasteiger partial charge in [-0.25, -0.2) is 23.4 Å². The van der Waals surface area contributed by atoms with E-state index in [-0.39, 0.29) is 47.4 Å². The number of benzene rings is 1. The first-order valence-corrected chi connectivity index (χ1v) is 17.0. The molecule has 0 saturated carbocycles. The third-order valence-corrected chi connectivity index (χ3v) is 10.6. The molecule has 7 rings (SSSR count). The second-order valence-corrected chi connectivity index (χ2v) is 14.8. The third-order valence-electron chi connectivity index (χ3n) is 8.37. The van der Waals surface area contributed by atoms with Crippen LogP contribution in [0, 0.1) is 17.3 Å². The Kier molecular flexibility index (Phi) is 7.17. The van der Waals surface area contributed by atoms with Crippen LogP contribution in [0.5, 0.6) is 6.01 Å². The van der Waals surface area contributed by atoms with Gasteiger partial charge in [0.1, 0.15) is 40.8 Å². The second kappa shape index (κ2) is 11.0. The minimum atomic E-state index is -3.04. The molecule has 13 nitrogen and oxygen atoms in total. The zero-order chi connectivity index (χ0) is 32.4. The average molecular weight is 705 g/mol. The Morgan fingerprint density at radius 2 is 1.89 bits per heavy atom. The summed E-state index contributed by atoms with van der Waals surface area (Å²) in [6.45, 7) is 3.14. The number of hydrogen-bond donors (Lipinski definition) is 1. The quantitative estimate of drug-likeness (QED) is 0.164.